The summed E-state index contributed by atoms with van der Waals surface area (Å²) in [4.78, 5) is 23.7. The van der Waals surface area contributed by atoms with Gasteiger partial charge in [-0.05, 0) is 67.3 Å². The van der Waals surface area contributed by atoms with Gasteiger partial charge in [-0.25, -0.2) is 4.79 Å². The molecule has 2 aromatic carbocycles. The van der Waals surface area contributed by atoms with Crippen LogP contribution in [0.5, 0.6) is 11.5 Å². The number of carbonyl (C=O) groups excluding carboxylic acids is 2. The van der Waals surface area contributed by atoms with Gasteiger partial charge in [-0.3, -0.25) is 4.79 Å². The minimum atomic E-state index is -0.441. The molecule has 0 aromatic heterocycles. The lowest BCUT2D eigenvalue weighted by molar-refractivity contribution is -0.134. The maximum atomic E-state index is 12.6. The van der Waals surface area contributed by atoms with Crippen LogP contribution in [0.15, 0.2) is 36.4 Å². The van der Waals surface area contributed by atoms with Crippen LogP contribution >= 0.6 is 0 Å². The molecule has 142 valence electrons. The monoisotopic (exact) mass is 368 g/mol. The molecule has 5 heteroatoms. The molecule has 0 spiro atoms. The number of esters is 1. The van der Waals surface area contributed by atoms with Gasteiger partial charge in [0.05, 0.1) is 14.2 Å². The summed E-state index contributed by atoms with van der Waals surface area (Å²) >= 11 is 0. The van der Waals surface area contributed by atoms with Gasteiger partial charge >= 0.3 is 5.97 Å². The second-order valence-corrected chi connectivity index (χ2v) is 6.23. The summed E-state index contributed by atoms with van der Waals surface area (Å²) in [7, 11) is 2.84. The molecule has 0 atom stereocenters. The molecule has 0 radical (unpaired) electrons. The first kappa shape index (κ1) is 20.2. The van der Waals surface area contributed by atoms with E-state index in [1.165, 1.54) is 20.3 Å². The largest absolute Gasteiger partial charge is 0.493 e. The first-order valence-corrected chi connectivity index (χ1v) is 8.53. The first-order valence-electron chi connectivity index (χ1n) is 8.53. The van der Waals surface area contributed by atoms with Crippen molar-refractivity contribution in [2.75, 3.05) is 20.8 Å². The SMILES string of the molecule is COC(=O)/C=C/c1ccc(OCC(=O)c2cc(C)c(C)cc2C)c(OC)c1. The van der Waals surface area contributed by atoms with Crippen molar-refractivity contribution >= 4 is 17.8 Å². The molecule has 0 aliphatic heterocycles. The number of methoxy groups -OCH3 is 2. The molecule has 0 bridgehead atoms. The zero-order valence-corrected chi connectivity index (χ0v) is 16.3. The van der Waals surface area contributed by atoms with Crippen LogP contribution < -0.4 is 9.47 Å². The first-order chi connectivity index (χ1) is 12.8. The van der Waals surface area contributed by atoms with Crippen molar-refractivity contribution in [1.29, 1.82) is 0 Å². The van der Waals surface area contributed by atoms with Crippen LogP contribution in [-0.2, 0) is 9.53 Å². The molecule has 0 N–H and O–H groups in total. The number of hydrogen-bond acceptors (Lipinski definition) is 5. The highest BCUT2D eigenvalue weighted by molar-refractivity contribution is 5.98. The summed E-state index contributed by atoms with van der Waals surface area (Å²) in [6.45, 7) is 5.84. The van der Waals surface area contributed by atoms with Crippen LogP contribution in [0.3, 0.4) is 0 Å². The predicted octanol–water partition coefficient (Wildman–Crippen LogP) is 4.07. The van der Waals surface area contributed by atoms with Crippen molar-refractivity contribution in [1.82, 2.24) is 0 Å². The van der Waals surface area contributed by atoms with Crippen molar-refractivity contribution in [2.24, 2.45) is 0 Å². The molecular formula is C22H24O5. The highest BCUT2D eigenvalue weighted by atomic mass is 16.5. The summed E-state index contributed by atoms with van der Waals surface area (Å²) in [5.41, 5.74) is 4.57. The lowest BCUT2D eigenvalue weighted by atomic mass is 9.98. The Morgan fingerprint density at radius 2 is 1.63 bits per heavy atom. The van der Waals surface area contributed by atoms with Crippen LogP contribution in [0.4, 0.5) is 0 Å². The molecule has 0 aliphatic rings. The van der Waals surface area contributed by atoms with E-state index in [-0.39, 0.29) is 12.4 Å². The Bertz CT molecular complexity index is 881. The fourth-order valence-corrected chi connectivity index (χ4v) is 2.62. The van der Waals surface area contributed by atoms with Crippen molar-refractivity contribution in [2.45, 2.75) is 20.8 Å². The zero-order valence-electron chi connectivity index (χ0n) is 16.3. The van der Waals surface area contributed by atoms with Crippen molar-refractivity contribution in [3.05, 3.63) is 64.2 Å². The van der Waals surface area contributed by atoms with Gasteiger partial charge in [-0.2, -0.15) is 0 Å². The second-order valence-electron chi connectivity index (χ2n) is 6.23. The van der Waals surface area contributed by atoms with Gasteiger partial charge < -0.3 is 14.2 Å². The molecule has 2 rings (SSSR count). The minimum absolute atomic E-state index is 0.0863. The molecule has 0 fully saturated rings. The lowest BCUT2D eigenvalue weighted by Crippen LogP contribution is -2.14. The van der Waals surface area contributed by atoms with E-state index in [1.807, 2.05) is 32.9 Å². The molecule has 27 heavy (non-hydrogen) atoms. The van der Waals surface area contributed by atoms with Crippen molar-refractivity contribution in [3.63, 3.8) is 0 Å². The normalized spacial score (nSPS) is 10.7. The molecule has 0 aliphatic carbocycles. The average molecular weight is 368 g/mol. The quantitative estimate of drug-likeness (QED) is 0.419. The van der Waals surface area contributed by atoms with Gasteiger partial charge in [0, 0.05) is 11.6 Å². The maximum Gasteiger partial charge on any atom is 0.330 e. The van der Waals surface area contributed by atoms with Gasteiger partial charge in [-0.15, -0.1) is 0 Å². The number of aryl methyl sites for hydroxylation is 3. The molecule has 0 saturated carbocycles. The van der Waals surface area contributed by atoms with Crippen LogP contribution in [0, 0.1) is 20.8 Å². The summed E-state index contributed by atoms with van der Waals surface area (Å²) < 4.78 is 15.6. The van der Waals surface area contributed by atoms with E-state index in [9.17, 15) is 9.59 Å². The Morgan fingerprint density at radius 1 is 0.926 bits per heavy atom. The van der Waals surface area contributed by atoms with E-state index in [0.717, 1.165) is 22.3 Å². The number of benzene rings is 2. The van der Waals surface area contributed by atoms with Gasteiger partial charge in [0.25, 0.3) is 0 Å². The molecule has 0 unspecified atom stereocenters. The Morgan fingerprint density at radius 3 is 2.30 bits per heavy atom. The Hall–Kier alpha value is -3.08. The predicted molar refractivity (Wildman–Crippen MR) is 105 cm³/mol. The smallest absolute Gasteiger partial charge is 0.330 e. The average Bonchev–Trinajstić information content (AvgIpc) is 2.67. The summed E-state index contributed by atoms with van der Waals surface area (Å²) in [5.74, 6) is 0.408. The highest BCUT2D eigenvalue weighted by Gasteiger charge is 2.13. The van der Waals surface area contributed by atoms with E-state index >= 15 is 0 Å². The molecule has 0 heterocycles. The van der Waals surface area contributed by atoms with Gasteiger partial charge in [0.2, 0.25) is 0 Å². The summed E-state index contributed by atoms with van der Waals surface area (Å²) in [6, 6.07) is 9.10. The summed E-state index contributed by atoms with van der Waals surface area (Å²) in [6.07, 6.45) is 2.93. The van der Waals surface area contributed by atoms with Gasteiger partial charge in [0.15, 0.2) is 23.9 Å². The Labute approximate surface area is 159 Å². The number of carbonyl (C=O) groups is 2. The van der Waals surface area contributed by atoms with E-state index in [4.69, 9.17) is 9.47 Å². The second kappa shape index (κ2) is 9.03. The van der Waals surface area contributed by atoms with Crippen molar-refractivity contribution < 1.29 is 23.8 Å². The number of Topliss-reactive ketones (excluding diaryl/α,β-unsaturated/α-hetero) is 1. The van der Waals surface area contributed by atoms with E-state index in [2.05, 4.69) is 4.74 Å². The third kappa shape index (κ3) is 5.20. The van der Waals surface area contributed by atoms with Crippen LogP contribution in [-0.4, -0.2) is 32.6 Å². The van der Waals surface area contributed by atoms with Crippen molar-refractivity contribution in [3.8, 4) is 11.5 Å². The van der Waals surface area contributed by atoms with Crippen LogP contribution in [0.25, 0.3) is 6.08 Å². The molecular weight excluding hydrogens is 344 g/mol. The van der Waals surface area contributed by atoms with E-state index in [1.54, 1.807) is 24.3 Å². The number of rotatable bonds is 7. The number of ketones is 1. The summed E-state index contributed by atoms with van der Waals surface area (Å²) in [5, 5.41) is 0. The number of hydrogen-bond donors (Lipinski definition) is 0. The van der Waals surface area contributed by atoms with Crippen LogP contribution in [0.1, 0.15) is 32.6 Å². The Balaban J connectivity index is 2.13. The molecule has 0 amide bonds. The lowest BCUT2D eigenvalue weighted by Gasteiger charge is -2.12. The third-order valence-electron chi connectivity index (χ3n) is 4.30. The maximum absolute atomic E-state index is 12.6. The molecule has 2 aromatic rings. The number of ether oxygens (including phenoxy) is 3. The van der Waals surface area contributed by atoms with E-state index < -0.39 is 5.97 Å². The third-order valence-corrected chi connectivity index (χ3v) is 4.30. The standard InChI is InChI=1S/C22H24O5/c1-14-10-16(3)18(11-15(14)2)19(23)13-27-20-8-6-17(12-21(20)25-4)7-9-22(24)26-5/h6-12H,13H2,1-5H3/b9-7+. The molecule has 5 nitrogen and oxygen atoms in total. The van der Waals surface area contributed by atoms with Crippen LogP contribution in [0.2, 0.25) is 0 Å². The topological polar surface area (TPSA) is 61.8 Å². The van der Waals surface area contributed by atoms with E-state index in [0.29, 0.717) is 17.1 Å². The molecule has 0 saturated heterocycles. The highest BCUT2D eigenvalue weighted by Crippen LogP contribution is 2.29. The Kier molecular flexibility index (Phi) is 6.77. The van der Waals surface area contributed by atoms with Gasteiger partial charge in [0.1, 0.15) is 0 Å². The zero-order chi connectivity index (χ0) is 20.0. The fraction of sp³-hybridized carbons (Fsp3) is 0.273. The van der Waals surface area contributed by atoms with Gasteiger partial charge in [-0.1, -0.05) is 12.1 Å². The fourth-order valence-electron chi connectivity index (χ4n) is 2.62. The minimum Gasteiger partial charge on any atom is -0.493 e.